The van der Waals surface area contributed by atoms with Gasteiger partial charge in [-0.2, -0.15) is 0 Å². The zero-order valence-electron chi connectivity index (χ0n) is 22.6. The molecule has 5 aromatic rings. The molecule has 3 N–H and O–H groups in total. The average molecular weight is 557 g/mol. The fourth-order valence-corrected chi connectivity index (χ4v) is 5.00. The number of ether oxygens (including phenoxy) is 3. The van der Waals surface area contributed by atoms with E-state index in [1.807, 2.05) is 47.9 Å². The first-order chi connectivity index (χ1) is 19.1. The molecule has 6 rings (SSSR count). The summed E-state index contributed by atoms with van der Waals surface area (Å²) in [5.74, 6) is 3.27. The molecule has 0 atom stereocenters. The Bertz CT molecular complexity index is 1640. The molecule has 0 bridgehead atoms. The van der Waals surface area contributed by atoms with Crippen LogP contribution in [0.15, 0.2) is 79.0 Å². The van der Waals surface area contributed by atoms with Gasteiger partial charge in [0.1, 0.15) is 37.0 Å². The third kappa shape index (κ3) is 5.43. The maximum atomic E-state index is 6.40. The van der Waals surface area contributed by atoms with Gasteiger partial charge in [-0.05, 0) is 65.4 Å². The summed E-state index contributed by atoms with van der Waals surface area (Å²) in [6, 6.07) is 24.8. The summed E-state index contributed by atoms with van der Waals surface area (Å²) in [4.78, 5) is 4.75. The van der Waals surface area contributed by atoms with Gasteiger partial charge in [0.25, 0.3) is 0 Å². The molecule has 0 saturated heterocycles. The number of anilines is 1. The number of nitrogens with zero attached hydrogens (tertiary/aromatic N) is 2. The fourth-order valence-electron chi connectivity index (χ4n) is 5.00. The van der Waals surface area contributed by atoms with Crippen molar-refractivity contribution in [2.24, 2.45) is 5.73 Å². The van der Waals surface area contributed by atoms with Crippen LogP contribution in [0.3, 0.4) is 0 Å². The number of aryl methyl sites for hydroxylation is 1. The van der Waals surface area contributed by atoms with E-state index < -0.39 is 0 Å². The second kappa shape index (κ2) is 11.9. The summed E-state index contributed by atoms with van der Waals surface area (Å²) in [5.41, 5.74) is 14.5. The largest absolute Gasteiger partial charge is 0.487 e. The second-order valence-electron chi connectivity index (χ2n) is 9.74. The molecule has 0 unspecified atom stereocenters. The first-order valence-corrected chi connectivity index (χ1v) is 13.2. The maximum absolute atomic E-state index is 6.40. The minimum atomic E-state index is 0. The lowest BCUT2D eigenvalue weighted by Gasteiger charge is -2.20. The first kappa shape index (κ1) is 27.4. The third-order valence-electron chi connectivity index (χ3n) is 7.17. The highest BCUT2D eigenvalue weighted by Crippen LogP contribution is 2.36. The van der Waals surface area contributed by atoms with Gasteiger partial charge < -0.3 is 25.3 Å². The summed E-state index contributed by atoms with van der Waals surface area (Å²) in [6.07, 6.45) is 2.00. The van der Waals surface area contributed by atoms with Crippen molar-refractivity contribution in [2.75, 3.05) is 18.5 Å². The number of fused-ring (bicyclic) bond motifs is 2. The highest BCUT2D eigenvalue weighted by molar-refractivity contribution is 5.85. The topological polar surface area (TPSA) is 83.0 Å². The molecule has 0 saturated carbocycles. The van der Waals surface area contributed by atoms with Crippen molar-refractivity contribution < 1.29 is 14.2 Å². The van der Waals surface area contributed by atoms with E-state index in [0.29, 0.717) is 32.9 Å². The molecule has 0 spiro atoms. The monoisotopic (exact) mass is 556 g/mol. The van der Waals surface area contributed by atoms with Crippen molar-refractivity contribution >= 4 is 23.9 Å². The van der Waals surface area contributed by atoms with Crippen molar-refractivity contribution in [3.63, 3.8) is 0 Å². The SMILES string of the molecule is Cc1cc2nc(CN)c(NCc3ccccc3)n2cc1OCc1cccc(-c2ccc3c(c2)OCCO3)c1C.Cl. The molecular weight excluding hydrogens is 524 g/mol. The smallest absolute Gasteiger partial charge is 0.161 e. The molecule has 0 radical (unpaired) electrons. The number of nitrogens with one attached hydrogen (secondary N) is 1. The fraction of sp³-hybridized carbons (Fsp3) is 0.219. The van der Waals surface area contributed by atoms with E-state index in [2.05, 4.69) is 54.7 Å². The number of aromatic nitrogens is 2. The number of rotatable bonds is 8. The summed E-state index contributed by atoms with van der Waals surface area (Å²) in [7, 11) is 0. The molecule has 7 nitrogen and oxygen atoms in total. The van der Waals surface area contributed by atoms with Crippen LogP contribution in [0.5, 0.6) is 17.2 Å². The summed E-state index contributed by atoms with van der Waals surface area (Å²) in [6.45, 7) is 6.80. The van der Waals surface area contributed by atoms with Crippen LogP contribution in [0.4, 0.5) is 5.82 Å². The van der Waals surface area contributed by atoms with Gasteiger partial charge in [0.05, 0.1) is 11.9 Å². The van der Waals surface area contributed by atoms with E-state index in [1.54, 1.807) is 0 Å². The van der Waals surface area contributed by atoms with Gasteiger partial charge in [-0.1, -0.05) is 54.6 Å². The van der Waals surface area contributed by atoms with Crippen LogP contribution in [0.1, 0.15) is 27.9 Å². The van der Waals surface area contributed by atoms with Crippen LogP contribution < -0.4 is 25.3 Å². The van der Waals surface area contributed by atoms with Crippen LogP contribution in [-0.2, 0) is 19.7 Å². The highest BCUT2D eigenvalue weighted by atomic mass is 35.5. The first-order valence-electron chi connectivity index (χ1n) is 13.2. The molecule has 3 heterocycles. The van der Waals surface area contributed by atoms with E-state index >= 15 is 0 Å². The predicted octanol–water partition coefficient (Wildman–Crippen LogP) is 6.46. The number of nitrogens with two attached hydrogens (primary N) is 1. The van der Waals surface area contributed by atoms with E-state index in [1.165, 1.54) is 11.1 Å². The lowest BCUT2D eigenvalue weighted by Crippen LogP contribution is -2.15. The predicted molar refractivity (Wildman–Crippen MR) is 161 cm³/mol. The molecule has 0 fully saturated rings. The number of benzene rings is 3. The Balaban J connectivity index is 0.00000323. The van der Waals surface area contributed by atoms with Gasteiger partial charge in [0, 0.05) is 13.1 Å². The molecule has 2 aromatic heterocycles. The lowest BCUT2D eigenvalue weighted by atomic mass is 9.96. The average Bonchev–Trinajstić information content (AvgIpc) is 3.31. The van der Waals surface area contributed by atoms with Crippen LogP contribution in [0.25, 0.3) is 16.8 Å². The Kier molecular flexibility index (Phi) is 8.14. The highest BCUT2D eigenvalue weighted by Gasteiger charge is 2.16. The van der Waals surface area contributed by atoms with Crippen LogP contribution in [-0.4, -0.2) is 22.6 Å². The maximum Gasteiger partial charge on any atom is 0.161 e. The van der Waals surface area contributed by atoms with E-state index in [4.69, 9.17) is 24.9 Å². The number of halogens is 1. The molecule has 8 heteroatoms. The third-order valence-corrected chi connectivity index (χ3v) is 7.17. The Labute approximate surface area is 240 Å². The number of hydrogen-bond acceptors (Lipinski definition) is 6. The zero-order chi connectivity index (χ0) is 26.8. The molecule has 206 valence electrons. The van der Waals surface area contributed by atoms with Gasteiger partial charge in [-0.3, -0.25) is 4.40 Å². The van der Waals surface area contributed by atoms with Crippen LogP contribution in [0, 0.1) is 13.8 Å². The number of pyridine rings is 1. The lowest BCUT2D eigenvalue weighted by molar-refractivity contribution is 0.171. The molecule has 1 aliphatic heterocycles. The van der Waals surface area contributed by atoms with Crippen molar-refractivity contribution in [3.05, 3.63) is 107 Å². The van der Waals surface area contributed by atoms with Gasteiger partial charge in [0.2, 0.25) is 0 Å². The van der Waals surface area contributed by atoms with Crippen molar-refractivity contribution in [1.29, 1.82) is 0 Å². The minimum Gasteiger partial charge on any atom is -0.487 e. The van der Waals surface area contributed by atoms with Crippen molar-refractivity contribution in [3.8, 4) is 28.4 Å². The zero-order valence-corrected chi connectivity index (χ0v) is 23.5. The second-order valence-corrected chi connectivity index (χ2v) is 9.74. The van der Waals surface area contributed by atoms with Crippen molar-refractivity contribution in [2.45, 2.75) is 33.5 Å². The Hall–Kier alpha value is -4.20. The van der Waals surface area contributed by atoms with E-state index in [-0.39, 0.29) is 12.4 Å². The Morgan fingerprint density at radius 2 is 1.75 bits per heavy atom. The Morgan fingerprint density at radius 1 is 0.950 bits per heavy atom. The molecular formula is C32H33ClN4O3. The van der Waals surface area contributed by atoms with Crippen molar-refractivity contribution in [1.82, 2.24) is 9.38 Å². The normalized spacial score (nSPS) is 12.2. The van der Waals surface area contributed by atoms with Gasteiger partial charge in [-0.25, -0.2) is 4.98 Å². The molecule has 1 aliphatic rings. The van der Waals surface area contributed by atoms with Gasteiger partial charge >= 0.3 is 0 Å². The molecule has 0 aliphatic carbocycles. The quantitative estimate of drug-likeness (QED) is 0.228. The standard InChI is InChI=1S/C32H32N4O3.ClH/c1-21-15-31-35-27(17-33)32(34-18-23-7-4-3-5-8-23)36(31)19-30(21)39-20-25-9-6-10-26(22(25)2)24-11-12-28-29(16-24)38-14-13-37-28;/h3-12,15-16,19,34H,13-14,17-18,20,33H2,1-2H3;1H. The number of imidazole rings is 1. The minimum absolute atomic E-state index is 0. The van der Waals surface area contributed by atoms with Crippen LogP contribution in [0.2, 0.25) is 0 Å². The summed E-state index contributed by atoms with van der Waals surface area (Å²) in [5, 5.41) is 3.53. The summed E-state index contributed by atoms with van der Waals surface area (Å²) < 4.78 is 19.9. The Morgan fingerprint density at radius 3 is 2.55 bits per heavy atom. The van der Waals surface area contributed by atoms with E-state index in [9.17, 15) is 0 Å². The van der Waals surface area contributed by atoms with E-state index in [0.717, 1.165) is 56.7 Å². The molecule has 0 amide bonds. The number of hydrogen-bond donors (Lipinski definition) is 2. The van der Waals surface area contributed by atoms with Gasteiger partial charge in [-0.15, -0.1) is 12.4 Å². The summed E-state index contributed by atoms with van der Waals surface area (Å²) >= 11 is 0. The van der Waals surface area contributed by atoms with Gasteiger partial charge in [0.15, 0.2) is 11.5 Å². The van der Waals surface area contributed by atoms with Crippen LogP contribution >= 0.6 is 12.4 Å². The molecule has 40 heavy (non-hydrogen) atoms. The molecule has 3 aromatic carbocycles.